The minimum atomic E-state index is -0.742. The molecular formula is C63H102N6O12. The zero-order chi connectivity index (χ0) is 61.2. The molecule has 0 bridgehead atoms. The SMILES string of the molecule is C=C(C)C(=O)OC(CCCC)CN(CC(CCCC)OC(=O)C(=C)C)c1nc(N(CC(CCCC)OC(=O)C(=C)C)CC(CCCC)OC(=O)C(=C)C)nc(N(CC(CCCC)OC(=O)C(=C)C)CC(CCCC)OC(=O)C(=C)C)n1. The molecule has 0 amide bonds. The van der Waals surface area contributed by atoms with Crippen LogP contribution >= 0.6 is 0 Å². The summed E-state index contributed by atoms with van der Waals surface area (Å²) < 4.78 is 37.0. The van der Waals surface area contributed by atoms with Crippen molar-refractivity contribution in [1.29, 1.82) is 0 Å². The van der Waals surface area contributed by atoms with E-state index in [0.717, 1.165) is 38.5 Å². The second kappa shape index (κ2) is 40.0. The molecule has 0 aliphatic heterocycles. The lowest BCUT2D eigenvalue weighted by molar-refractivity contribution is -0.146. The number of unbranched alkanes of at least 4 members (excludes halogenated alkanes) is 6. The summed E-state index contributed by atoms with van der Waals surface area (Å²) in [6, 6.07) is 0. The Kier molecular flexibility index (Phi) is 35.9. The van der Waals surface area contributed by atoms with Gasteiger partial charge in [-0.3, -0.25) is 0 Å². The maximum Gasteiger partial charge on any atom is 0.333 e. The Morgan fingerprint density at radius 2 is 0.444 bits per heavy atom. The normalized spacial score (nSPS) is 13.2. The van der Waals surface area contributed by atoms with Crippen molar-refractivity contribution in [3.8, 4) is 0 Å². The van der Waals surface area contributed by atoms with Crippen molar-refractivity contribution in [3.05, 3.63) is 72.9 Å². The van der Waals surface area contributed by atoms with Gasteiger partial charge in [0.25, 0.3) is 0 Å². The number of hydrogen-bond donors (Lipinski definition) is 0. The fraction of sp³-hybridized carbons (Fsp3) is 0.667. The highest BCUT2D eigenvalue weighted by Crippen LogP contribution is 2.28. The van der Waals surface area contributed by atoms with Gasteiger partial charge in [-0.25, -0.2) is 28.8 Å². The molecule has 6 unspecified atom stereocenters. The van der Waals surface area contributed by atoms with Crippen LogP contribution in [0.5, 0.6) is 0 Å². The second-order valence-corrected chi connectivity index (χ2v) is 21.6. The summed E-state index contributed by atoms with van der Waals surface area (Å²) in [6.07, 6.45) is 7.08. The number of nitrogens with zero attached hydrogens (tertiary/aromatic N) is 6. The minimum Gasteiger partial charge on any atom is -0.457 e. The number of esters is 6. The quantitative estimate of drug-likeness (QED) is 0.0338. The Morgan fingerprint density at radius 1 is 0.309 bits per heavy atom. The van der Waals surface area contributed by atoms with E-state index in [2.05, 4.69) is 39.5 Å². The van der Waals surface area contributed by atoms with Gasteiger partial charge in [-0.05, 0) is 119 Å². The van der Waals surface area contributed by atoms with E-state index in [9.17, 15) is 28.8 Å². The largest absolute Gasteiger partial charge is 0.457 e. The van der Waals surface area contributed by atoms with Gasteiger partial charge in [0.05, 0.1) is 39.3 Å². The summed E-state index contributed by atoms with van der Waals surface area (Å²) in [6.45, 7) is 44.9. The molecule has 0 N–H and O–H groups in total. The van der Waals surface area contributed by atoms with Gasteiger partial charge in [0.2, 0.25) is 17.8 Å². The van der Waals surface area contributed by atoms with E-state index in [1.165, 1.54) is 0 Å². The number of aromatic nitrogens is 3. The van der Waals surface area contributed by atoms with E-state index >= 15 is 0 Å². The zero-order valence-corrected chi connectivity index (χ0v) is 51.8. The van der Waals surface area contributed by atoms with Crippen LogP contribution in [0.2, 0.25) is 0 Å². The van der Waals surface area contributed by atoms with Gasteiger partial charge in [0, 0.05) is 33.4 Å². The van der Waals surface area contributed by atoms with Crippen molar-refractivity contribution in [3.63, 3.8) is 0 Å². The molecule has 0 aliphatic carbocycles. The predicted octanol–water partition coefficient (Wildman–Crippen LogP) is 12.4. The van der Waals surface area contributed by atoms with Crippen LogP contribution in [0.3, 0.4) is 0 Å². The van der Waals surface area contributed by atoms with Gasteiger partial charge in [0.15, 0.2) is 0 Å². The van der Waals surface area contributed by atoms with E-state index in [4.69, 9.17) is 43.4 Å². The Labute approximate surface area is 486 Å². The monoisotopic (exact) mass is 1130 g/mol. The maximum absolute atomic E-state index is 13.5. The van der Waals surface area contributed by atoms with E-state index in [1.807, 2.05) is 56.2 Å². The molecule has 0 saturated heterocycles. The molecule has 0 radical (unpaired) electrons. The summed E-state index contributed by atoms with van der Waals surface area (Å²) in [7, 11) is 0. The lowest BCUT2D eigenvalue weighted by atomic mass is 10.1. The van der Waals surface area contributed by atoms with Crippen LogP contribution in [-0.2, 0) is 57.2 Å². The van der Waals surface area contributed by atoms with Gasteiger partial charge >= 0.3 is 35.8 Å². The highest BCUT2D eigenvalue weighted by atomic mass is 16.6. The smallest absolute Gasteiger partial charge is 0.333 e. The van der Waals surface area contributed by atoms with Crippen LogP contribution in [0.15, 0.2) is 72.9 Å². The van der Waals surface area contributed by atoms with Crippen molar-refractivity contribution < 1.29 is 57.2 Å². The molecule has 456 valence electrons. The molecule has 0 aromatic carbocycles. The standard InChI is InChI=1S/C63H102N6O12/c1-19-25-31-49(76-55(70)43(7)8)37-67(38-50(32-26-20-2)77-56(71)44(9)10)61-64-62(68(39-51(33-27-21-3)78-57(72)45(11)12)40-52(34-28-22-4)79-58(73)46(13)14)66-63(65-61)69(41-53(35-29-23-5)80-59(74)47(15)16)42-54(36-30-24-6)81-60(75)48(17)18/h49-54H,7,9,11,13,15,17,19-42H2,1-6,8,10,12,14,16,18H3. The molecule has 81 heavy (non-hydrogen) atoms. The molecule has 1 aromatic rings. The number of anilines is 3. The molecule has 1 heterocycles. The summed E-state index contributed by atoms with van der Waals surface area (Å²) in [4.78, 5) is 102. The van der Waals surface area contributed by atoms with Crippen molar-refractivity contribution in [2.24, 2.45) is 0 Å². The molecule has 0 fully saturated rings. The molecule has 1 aromatic heterocycles. The minimum absolute atomic E-state index is 0.0184. The van der Waals surface area contributed by atoms with Crippen molar-refractivity contribution >= 4 is 53.7 Å². The third kappa shape index (κ3) is 29.3. The average molecular weight is 1140 g/mol. The Morgan fingerprint density at radius 3 is 0.556 bits per heavy atom. The molecule has 0 saturated carbocycles. The summed E-state index contributed by atoms with van der Waals surface area (Å²) in [5.74, 6) is -3.29. The zero-order valence-electron chi connectivity index (χ0n) is 51.8. The van der Waals surface area contributed by atoms with E-state index in [-0.39, 0.29) is 90.6 Å². The number of ether oxygens (including phenoxy) is 6. The predicted molar refractivity (Wildman–Crippen MR) is 322 cm³/mol. The van der Waals surface area contributed by atoms with Gasteiger partial charge in [-0.1, -0.05) is 120 Å². The van der Waals surface area contributed by atoms with Gasteiger partial charge in [-0.2, -0.15) is 15.0 Å². The topological polar surface area (TPSA) is 206 Å². The molecular weight excluding hydrogens is 1030 g/mol. The first-order valence-electron chi connectivity index (χ1n) is 29.5. The van der Waals surface area contributed by atoms with Gasteiger partial charge in [-0.15, -0.1) is 0 Å². The number of carbonyl (C=O) groups excluding carboxylic acids is 6. The van der Waals surface area contributed by atoms with Crippen molar-refractivity contribution in [1.82, 2.24) is 15.0 Å². The average Bonchev–Trinajstić information content (AvgIpc) is 3.44. The van der Waals surface area contributed by atoms with E-state index in [0.29, 0.717) is 77.0 Å². The Balaban J connectivity index is 5.03. The van der Waals surface area contributed by atoms with Crippen LogP contribution in [0.1, 0.15) is 199 Å². The first-order valence-corrected chi connectivity index (χ1v) is 29.5. The highest BCUT2D eigenvalue weighted by Gasteiger charge is 2.33. The van der Waals surface area contributed by atoms with Crippen molar-refractivity contribution in [2.45, 2.75) is 235 Å². The van der Waals surface area contributed by atoms with Gasteiger partial charge < -0.3 is 43.1 Å². The Bertz CT molecular complexity index is 1870. The number of hydrogen-bond acceptors (Lipinski definition) is 18. The molecule has 18 heteroatoms. The third-order valence-electron chi connectivity index (χ3n) is 13.0. The second-order valence-electron chi connectivity index (χ2n) is 21.6. The summed E-state index contributed by atoms with van der Waals surface area (Å²) in [5, 5.41) is 0. The lowest BCUT2D eigenvalue weighted by Crippen LogP contribution is -2.45. The van der Waals surface area contributed by atoms with Crippen LogP contribution < -0.4 is 14.7 Å². The van der Waals surface area contributed by atoms with Crippen LogP contribution in [-0.4, -0.2) is 127 Å². The third-order valence-corrected chi connectivity index (χ3v) is 13.0. The first-order chi connectivity index (χ1) is 38.3. The van der Waals surface area contributed by atoms with Crippen molar-refractivity contribution in [2.75, 3.05) is 54.0 Å². The first kappa shape index (κ1) is 72.7. The Hall–Kier alpha value is -6.33. The fourth-order valence-corrected chi connectivity index (χ4v) is 8.18. The fourth-order valence-electron chi connectivity index (χ4n) is 8.18. The molecule has 18 nitrogen and oxygen atoms in total. The molecule has 0 spiro atoms. The van der Waals surface area contributed by atoms with E-state index < -0.39 is 72.4 Å². The molecule has 0 aliphatic rings. The van der Waals surface area contributed by atoms with Crippen LogP contribution in [0, 0.1) is 0 Å². The van der Waals surface area contributed by atoms with Crippen LogP contribution in [0.25, 0.3) is 0 Å². The maximum atomic E-state index is 13.5. The van der Waals surface area contributed by atoms with Crippen LogP contribution in [0.4, 0.5) is 17.8 Å². The van der Waals surface area contributed by atoms with E-state index in [1.54, 1.807) is 41.5 Å². The molecule has 1 rings (SSSR count). The number of rotatable bonds is 45. The molecule has 6 atom stereocenters. The lowest BCUT2D eigenvalue weighted by Gasteiger charge is -2.35. The number of carbonyl (C=O) groups is 6. The summed E-state index contributed by atoms with van der Waals surface area (Å²) in [5.41, 5.74) is 1.25. The summed E-state index contributed by atoms with van der Waals surface area (Å²) >= 11 is 0. The van der Waals surface area contributed by atoms with Gasteiger partial charge in [0.1, 0.15) is 36.6 Å². The highest BCUT2D eigenvalue weighted by molar-refractivity contribution is 5.89.